The molecule has 134 valence electrons. The van der Waals surface area contributed by atoms with Crippen molar-refractivity contribution in [2.45, 2.75) is 12.8 Å². The number of aliphatic carboxylic acids is 1. The number of carbonyl (C=O) groups is 3. The highest BCUT2D eigenvalue weighted by Gasteiger charge is 2.33. The summed E-state index contributed by atoms with van der Waals surface area (Å²) in [5.41, 5.74) is 0.966. The van der Waals surface area contributed by atoms with Gasteiger partial charge < -0.3 is 20.2 Å². The molecule has 2 aromatic rings. The van der Waals surface area contributed by atoms with Crippen molar-refractivity contribution in [2.75, 3.05) is 10.6 Å². The number of nitrogens with one attached hydrogen (secondary N) is 2. The van der Waals surface area contributed by atoms with Crippen LogP contribution in [0.5, 0.6) is 0 Å². The molecule has 1 aromatic heterocycles. The molecule has 0 saturated heterocycles. The number of anilines is 2. The van der Waals surface area contributed by atoms with Crippen molar-refractivity contribution in [1.29, 1.82) is 0 Å². The molecule has 0 bridgehead atoms. The van der Waals surface area contributed by atoms with Crippen LogP contribution >= 0.6 is 0 Å². The van der Waals surface area contributed by atoms with Crippen molar-refractivity contribution in [3.05, 3.63) is 60.6 Å². The Balaban J connectivity index is 1.68. The van der Waals surface area contributed by atoms with Gasteiger partial charge in [-0.15, -0.1) is 0 Å². The molecule has 7 heteroatoms. The van der Waals surface area contributed by atoms with E-state index in [4.69, 9.17) is 4.42 Å². The topological polar surface area (TPSA) is 109 Å². The Kier molecular flexibility index (Phi) is 5.17. The van der Waals surface area contributed by atoms with Crippen molar-refractivity contribution in [3.8, 4) is 0 Å². The minimum absolute atomic E-state index is 0.178. The van der Waals surface area contributed by atoms with Gasteiger partial charge in [0.15, 0.2) is 5.76 Å². The lowest BCUT2D eigenvalue weighted by molar-refractivity contribution is -0.146. The summed E-state index contributed by atoms with van der Waals surface area (Å²) in [7, 11) is 0. The van der Waals surface area contributed by atoms with Gasteiger partial charge in [-0.1, -0.05) is 18.2 Å². The lowest BCUT2D eigenvalue weighted by Crippen LogP contribution is -2.34. The van der Waals surface area contributed by atoms with Crippen LogP contribution in [0.3, 0.4) is 0 Å². The Labute approximate surface area is 149 Å². The molecule has 2 atom stereocenters. The fraction of sp³-hybridized carbons (Fsp3) is 0.211. The molecular weight excluding hydrogens is 336 g/mol. The minimum Gasteiger partial charge on any atom is -0.481 e. The molecule has 7 nitrogen and oxygen atoms in total. The second kappa shape index (κ2) is 7.69. The van der Waals surface area contributed by atoms with Crippen LogP contribution in [0.2, 0.25) is 0 Å². The molecule has 3 N–H and O–H groups in total. The van der Waals surface area contributed by atoms with Gasteiger partial charge in [0.2, 0.25) is 5.91 Å². The van der Waals surface area contributed by atoms with Gasteiger partial charge in [0.1, 0.15) is 0 Å². The van der Waals surface area contributed by atoms with Gasteiger partial charge in [-0.05, 0) is 43.2 Å². The van der Waals surface area contributed by atoms with E-state index in [1.807, 2.05) is 6.08 Å². The standard InChI is InChI=1S/C19H18N2O5/c22-17(14-7-1-2-8-15(14)19(24)25)20-12-5-3-6-13(11-12)21-18(23)16-9-4-10-26-16/h1-6,9-11,14-15H,7-8H2,(H,20,22)(H,21,23)(H,24,25)/t14-,15-/m0/s1. The van der Waals surface area contributed by atoms with Crippen LogP contribution in [0.1, 0.15) is 23.4 Å². The smallest absolute Gasteiger partial charge is 0.307 e. The van der Waals surface area contributed by atoms with Gasteiger partial charge >= 0.3 is 5.97 Å². The average Bonchev–Trinajstić information content (AvgIpc) is 3.17. The zero-order valence-electron chi connectivity index (χ0n) is 13.8. The Hall–Kier alpha value is -3.35. The molecule has 0 saturated carbocycles. The number of carboxylic acid groups (broad SMARTS) is 1. The van der Waals surface area contributed by atoms with Crippen molar-refractivity contribution in [1.82, 2.24) is 0 Å². The lowest BCUT2D eigenvalue weighted by Gasteiger charge is -2.24. The van der Waals surface area contributed by atoms with E-state index in [1.165, 1.54) is 6.26 Å². The van der Waals surface area contributed by atoms with Crippen molar-refractivity contribution >= 4 is 29.2 Å². The van der Waals surface area contributed by atoms with E-state index in [0.29, 0.717) is 24.2 Å². The minimum atomic E-state index is -0.978. The number of furan rings is 1. The third kappa shape index (κ3) is 4.00. The summed E-state index contributed by atoms with van der Waals surface area (Å²) in [4.78, 5) is 35.8. The van der Waals surface area contributed by atoms with Crippen molar-refractivity contribution in [3.63, 3.8) is 0 Å². The predicted molar refractivity (Wildman–Crippen MR) is 94.7 cm³/mol. The number of hydrogen-bond acceptors (Lipinski definition) is 4. The number of carboxylic acids is 1. The first-order chi connectivity index (χ1) is 12.5. The highest BCUT2D eigenvalue weighted by molar-refractivity contribution is 6.03. The van der Waals surface area contributed by atoms with E-state index in [2.05, 4.69) is 10.6 Å². The fourth-order valence-electron chi connectivity index (χ4n) is 2.89. The number of rotatable bonds is 5. The lowest BCUT2D eigenvalue weighted by atomic mass is 9.82. The monoisotopic (exact) mass is 354 g/mol. The number of amides is 2. The first-order valence-corrected chi connectivity index (χ1v) is 8.18. The fourth-order valence-corrected chi connectivity index (χ4v) is 2.89. The first kappa shape index (κ1) is 17.5. The summed E-state index contributed by atoms with van der Waals surface area (Å²) in [5.74, 6) is -2.91. The Bertz CT molecular complexity index is 841. The van der Waals surface area contributed by atoms with Crippen LogP contribution in [0.4, 0.5) is 11.4 Å². The summed E-state index contributed by atoms with van der Waals surface area (Å²) >= 11 is 0. The highest BCUT2D eigenvalue weighted by atomic mass is 16.4. The second-order valence-electron chi connectivity index (χ2n) is 6.00. The molecule has 1 aliphatic rings. The van der Waals surface area contributed by atoms with Crippen LogP contribution in [0.15, 0.2) is 59.2 Å². The number of benzene rings is 1. The average molecular weight is 354 g/mol. The molecule has 0 fully saturated rings. The summed E-state index contributed by atoms with van der Waals surface area (Å²) < 4.78 is 5.03. The van der Waals surface area contributed by atoms with Crippen LogP contribution in [-0.4, -0.2) is 22.9 Å². The van der Waals surface area contributed by atoms with E-state index in [-0.39, 0.29) is 11.7 Å². The molecule has 2 amide bonds. The maximum Gasteiger partial charge on any atom is 0.307 e. The van der Waals surface area contributed by atoms with Crippen molar-refractivity contribution in [2.24, 2.45) is 11.8 Å². The first-order valence-electron chi connectivity index (χ1n) is 8.18. The molecule has 0 spiro atoms. The molecule has 0 radical (unpaired) electrons. The van der Waals surface area contributed by atoms with E-state index in [9.17, 15) is 19.5 Å². The Morgan fingerprint density at radius 1 is 0.962 bits per heavy atom. The van der Waals surface area contributed by atoms with E-state index < -0.39 is 23.7 Å². The van der Waals surface area contributed by atoms with Crippen molar-refractivity contribution < 1.29 is 23.9 Å². The summed E-state index contributed by atoms with van der Waals surface area (Å²) in [6.45, 7) is 0. The Morgan fingerprint density at radius 3 is 2.31 bits per heavy atom. The Morgan fingerprint density at radius 2 is 1.65 bits per heavy atom. The molecular formula is C19H18N2O5. The van der Waals surface area contributed by atoms with Gasteiger partial charge in [0.25, 0.3) is 5.91 Å². The third-order valence-corrected chi connectivity index (χ3v) is 4.22. The predicted octanol–water partition coefficient (Wildman–Crippen LogP) is 3.14. The van der Waals surface area contributed by atoms with Crippen LogP contribution in [-0.2, 0) is 9.59 Å². The van der Waals surface area contributed by atoms with Gasteiger partial charge in [0, 0.05) is 11.4 Å². The van der Waals surface area contributed by atoms with Gasteiger partial charge in [-0.25, -0.2) is 0 Å². The SMILES string of the molecule is O=C(Nc1cccc(NC(=O)[C@H]2CC=CC[C@@H]2C(=O)O)c1)c1ccco1. The molecule has 26 heavy (non-hydrogen) atoms. The van der Waals surface area contributed by atoms with Crippen LogP contribution in [0.25, 0.3) is 0 Å². The van der Waals surface area contributed by atoms with Gasteiger partial charge in [-0.2, -0.15) is 0 Å². The summed E-state index contributed by atoms with van der Waals surface area (Å²) in [6, 6.07) is 9.80. The molecule has 0 aliphatic heterocycles. The second-order valence-corrected chi connectivity index (χ2v) is 6.00. The van der Waals surface area contributed by atoms with Crippen LogP contribution < -0.4 is 10.6 Å². The normalized spacial score (nSPS) is 18.9. The molecule has 1 aliphatic carbocycles. The number of allylic oxidation sites excluding steroid dienone is 2. The summed E-state index contributed by atoms with van der Waals surface area (Å²) in [6.07, 6.45) is 5.74. The highest BCUT2D eigenvalue weighted by Crippen LogP contribution is 2.27. The van der Waals surface area contributed by atoms with E-state index >= 15 is 0 Å². The molecule has 1 aromatic carbocycles. The summed E-state index contributed by atoms with van der Waals surface area (Å²) in [5, 5.41) is 14.7. The zero-order chi connectivity index (χ0) is 18.5. The quantitative estimate of drug-likeness (QED) is 0.715. The molecule has 0 unspecified atom stereocenters. The largest absolute Gasteiger partial charge is 0.481 e. The van der Waals surface area contributed by atoms with E-state index in [1.54, 1.807) is 42.5 Å². The van der Waals surface area contributed by atoms with E-state index in [0.717, 1.165) is 0 Å². The van der Waals surface area contributed by atoms with Gasteiger partial charge in [0.05, 0.1) is 18.1 Å². The van der Waals surface area contributed by atoms with Crippen LogP contribution in [0, 0.1) is 11.8 Å². The maximum absolute atomic E-state index is 12.5. The van der Waals surface area contributed by atoms with Gasteiger partial charge in [-0.3, -0.25) is 14.4 Å². The zero-order valence-corrected chi connectivity index (χ0v) is 13.8. The number of carbonyl (C=O) groups excluding carboxylic acids is 2. The molecule has 1 heterocycles. The maximum atomic E-state index is 12.5. The third-order valence-electron chi connectivity index (χ3n) is 4.22. The number of hydrogen-bond donors (Lipinski definition) is 3. The molecule has 3 rings (SSSR count).